The maximum Gasteiger partial charge on any atom is 0.242 e. The number of hydrogen-bond donors (Lipinski definition) is 1. The fourth-order valence-electron chi connectivity index (χ4n) is 2.79. The SMILES string of the molecule is CN(CCCCCO)S(=O)(=O)c1ccc2c(c1)CCCC2. The fraction of sp³-hybridized carbons (Fsp3) is 0.625. The van der Waals surface area contributed by atoms with Gasteiger partial charge in [-0.1, -0.05) is 6.07 Å². The van der Waals surface area contributed by atoms with Crippen LogP contribution < -0.4 is 0 Å². The van der Waals surface area contributed by atoms with E-state index in [0.29, 0.717) is 11.4 Å². The summed E-state index contributed by atoms with van der Waals surface area (Å²) in [5.74, 6) is 0. The van der Waals surface area contributed by atoms with Crippen molar-refractivity contribution in [2.45, 2.75) is 49.8 Å². The highest BCUT2D eigenvalue weighted by Crippen LogP contribution is 2.25. The summed E-state index contributed by atoms with van der Waals surface area (Å²) in [6.07, 6.45) is 6.75. The molecule has 21 heavy (non-hydrogen) atoms. The summed E-state index contributed by atoms with van der Waals surface area (Å²) in [5, 5.41) is 8.75. The van der Waals surface area contributed by atoms with Crippen LogP contribution in [0.5, 0.6) is 0 Å². The highest BCUT2D eigenvalue weighted by Gasteiger charge is 2.22. The standard InChI is InChI=1S/C16H25NO3S/c1-17(11-5-2-6-12-18)21(19,20)16-10-9-14-7-3-4-8-15(14)13-16/h9-10,13,18H,2-8,11-12H2,1H3. The third kappa shape index (κ3) is 4.05. The average molecular weight is 311 g/mol. The Balaban J connectivity index is 2.08. The van der Waals surface area contributed by atoms with Crippen LogP contribution >= 0.6 is 0 Å². The zero-order valence-electron chi connectivity index (χ0n) is 12.7. The average Bonchev–Trinajstić information content (AvgIpc) is 2.50. The first-order chi connectivity index (χ1) is 10.1. The Bertz CT molecular complexity index is 569. The Morgan fingerprint density at radius 2 is 1.81 bits per heavy atom. The minimum Gasteiger partial charge on any atom is -0.396 e. The predicted octanol–water partition coefficient (Wildman–Crippen LogP) is 2.35. The monoisotopic (exact) mass is 311 g/mol. The molecular weight excluding hydrogens is 286 g/mol. The maximum atomic E-state index is 12.6. The van der Waals surface area contributed by atoms with Gasteiger partial charge in [0, 0.05) is 20.2 Å². The molecule has 0 saturated heterocycles. The molecule has 1 aliphatic carbocycles. The van der Waals surface area contributed by atoms with Crippen molar-refractivity contribution in [2.24, 2.45) is 0 Å². The molecule has 1 N–H and O–H groups in total. The lowest BCUT2D eigenvalue weighted by molar-refractivity contribution is 0.281. The van der Waals surface area contributed by atoms with Crippen LogP contribution in [0.4, 0.5) is 0 Å². The summed E-state index contributed by atoms with van der Waals surface area (Å²) < 4.78 is 26.5. The van der Waals surface area contributed by atoms with Crippen molar-refractivity contribution < 1.29 is 13.5 Å². The predicted molar refractivity (Wildman–Crippen MR) is 83.8 cm³/mol. The normalized spacial score (nSPS) is 15.2. The number of aryl methyl sites for hydroxylation is 2. The lowest BCUT2D eigenvalue weighted by Crippen LogP contribution is -2.28. The molecule has 0 aliphatic heterocycles. The van der Waals surface area contributed by atoms with Crippen molar-refractivity contribution in [1.29, 1.82) is 0 Å². The Labute approximate surface area is 127 Å². The van der Waals surface area contributed by atoms with Crippen molar-refractivity contribution >= 4 is 10.0 Å². The lowest BCUT2D eigenvalue weighted by atomic mass is 9.92. The van der Waals surface area contributed by atoms with Crippen LogP contribution in [0.2, 0.25) is 0 Å². The van der Waals surface area contributed by atoms with E-state index >= 15 is 0 Å². The van der Waals surface area contributed by atoms with Gasteiger partial charge in [-0.05, 0) is 68.2 Å². The first-order valence-electron chi connectivity index (χ1n) is 7.74. The van der Waals surface area contributed by atoms with Gasteiger partial charge in [-0.3, -0.25) is 0 Å². The molecule has 0 saturated carbocycles. The van der Waals surface area contributed by atoms with E-state index in [1.165, 1.54) is 21.9 Å². The van der Waals surface area contributed by atoms with Crippen molar-refractivity contribution in [2.75, 3.05) is 20.2 Å². The summed E-state index contributed by atoms with van der Waals surface area (Å²) >= 11 is 0. The quantitative estimate of drug-likeness (QED) is 0.786. The zero-order chi connectivity index (χ0) is 15.3. The molecule has 0 bridgehead atoms. The summed E-state index contributed by atoms with van der Waals surface area (Å²) in [6, 6.07) is 5.57. The van der Waals surface area contributed by atoms with Gasteiger partial charge in [0.25, 0.3) is 0 Å². The van der Waals surface area contributed by atoms with Crippen molar-refractivity contribution in [3.63, 3.8) is 0 Å². The minimum atomic E-state index is -3.39. The van der Waals surface area contributed by atoms with E-state index < -0.39 is 10.0 Å². The van der Waals surface area contributed by atoms with Gasteiger partial charge in [0.2, 0.25) is 10.0 Å². The molecule has 0 amide bonds. The van der Waals surface area contributed by atoms with Gasteiger partial charge in [0.05, 0.1) is 4.90 Å². The summed E-state index contributed by atoms with van der Waals surface area (Å²) in [5.41, 5.74) is 2.49. The summed E-state index contributed by atoms with van der Waals surface area (Å²) in [6.45, 7) is 0.667. The first-order valence-corrected chi connectivity index (χ1v) is 9.18. The fourth-order valence-corrected chi connectivity index (χ4v) is 4.05. The van der Waals surface area contributed by atoms with Gasteiger partial charge in [0.1, 0.15) is 0 Å². The van der Waals surface area contributed by atoms with E-state index in [1.807, 2.05) is 12.1 Å². The molecular formula is C16H25NO3S. The summed E-state index contributed by atoms with van der Waals surface area (Å²) in [4.78, 5) is 0.410. The van der Waals surface area contributed by atoms with Crippen LogP contribution in [0.1, 0.15) is 43.2 Å². The van der Waals surface area contributed by atoms with E-state index in [2.05, 4.69) is 0 Å². The number of benzene rings is 1. The molecule has 0 fully saturated rings. The van der Waals surface area contributed by atoms with Gasteiger partial charge < -0.3 is 5.11 Å². The second kappa shape index (κ2) is 7.38. The summed E-state index contributed by atoms with van der Waals surface area (Å²) in [7, 11) is -1.76. The molecule has 118 valence electrons. The van der Waals surface area contributed by atoms with Gasteiger partial charge >= 0.3 is 0 Å². The molecule has 0 atom stereocenters. The number of nitrogens with zero attached hydrogens (tertiary/aromatic N) is 1. The molecule has 1 aromatic carbocycles. The molecule has 1 aliphatic rings. The second-order valence-electron chi connectivity index (χ2n) is 5.75. The minimum absolute atomic E-state index is 0.168. The first kappa shape index (κ1) is 16.5. The Hall–Kier alpha value is -0.910. The van der Waals surface area contributed by atoms with Crippen molar-refractivity contribution in [3.05, 3.63) is 29.3 Å². The Morgan fingerprint density at radius 1 is 1.10 bits per heavy atom. The molecule has 0 radical (unpaired) electrons. The van der Waals surface area contributed by atoms with Crippen LogP contribution in [-0.4, -0.2) is 38.0 Å². The topological polar surface area (TPSA) is 57.6 Å². The molecule has 2 rings (SSSR count). The molecule has 5 heteroatoms. The second-order valence-corrected chi connectivity index (χ2v) is 7.79. The molecule has 0 unspecified atom stereocenters. The number of rotatable bonds is 7. The number of aliphatic hydroxyl groups is 1. The van der Waals surface area contributed by atoms with Gasteiger partial charge in [-0.25, -0.2) is 12.7 Å². The zero-order valence-corrected chi connectivity index (χ0v) is 13.5. The van der Waals surface area contributed by atoms with Crippen LogP contribution in [0.3, 0.4) is 0 Å². The van der Waals surface area contributed by atoms with Gasteiger partial charge in [-0.2, -0.15) is 0 Å². The highest BCUT2D eigenvalue weighted by molar-refractivity contribution is 7.89. The van der Waals surface area contributed by atoms with E-state index in [0.717, 1.165) is 38.5 Å². The Kier molecular flexibility index (Phi) is 5.79. The third-order valence-corrected chi connectivity index (χ3v) is 6.01. The number of hydrogen-bond acceptors (Lipinski definition) is 3. The smallest absolute Gasteiger partial charge is 0.242 e. The van der Waals surface area contributed by atoms with Crippen molar-refractivity contribution in [3.8, 4) is 0 Å². The lowest BCUT2D eigenvalue weighted by Gasteiger charge is -2.20. The number of aliphatic hydroxyl groups excluding tert-OH is 1. The van der Waals surface area contributed by atoms with E-state index in [9.17, 15) is 8.42 Å². The third-order valence-electron chi connectivity index (χ3n) is 4.16. The maximum absolute atomic E-state index is 12.6. The molecule has 4 nitrogen and oxygen atoms in total. The van der Waals surface area contributed by atoms with E-state index in [1.54, 1.807) is 13.1 Å². The van der Waals surface area contributed by atoms with Crippen LogP contribution in [0, 0.1) is 0 Å². The van der Waals surface area contributed by atoms with Crippen LogP contribution in [0.25, 0.3) is 0 Å². The molecule has 0 spiro atoms. The van der Waals surface area contributed by atoms with Crippen molar-refractivity contribution in [1.82, 2.24) is 4.31 Å². The van der Waals surface area contributed by atoms with Crippen LogP contribution in [-0.2, 0) is 22.9 Å². The van der Waals surface area contributed by atoms with E-state index in [-0.39, 0.29) is 6.61 Å². The number of unbranched alkanes of at least 4 members (excludes halogenated alkanes) is 2. The highest BCUT2D eigenvalue weighted by atomic mass is 32.2. The Morgan fingerprint density at radius 3 is 2.52 bits per heavy atom. The molecule has 1 aromatic rings. The van der Waals surface area contributed by atoms with Gasteiger partial charge in [0.15, 0.2) is 0 Å². The van der Waals surface area contributed by atoms with Gasteiger partial charge in [-0.15, -0.1) is 0 Å². The number of fused-ring (bicyclic) bond motifs is 1. The molecule has 0 aromatic heterocycles. The van der Waals surface area contributed by atoms with Crippen LogP contribution in [0.15, 0.2) is 23.1 Å². The molecule has 0 heterocycles. The largest absolute Gasteiger partial charge is 0.396 e. The van der Waals surface area contributed by atoms with E-state index in [4.69, 9.17) is 5.11 Å². The number of sulfonamides is 1.